The monoisotopic (exact) mass is 295 g/mol. The lowest BCUT2D eigenvalue weighted by atomic mass is 10.1. The second-order valence-corrected chi connectivity index (χ2v) is 5.06. The maximum Gasteiger partial charge on any atom is 0.242 e. The smallest absolute Gasteiger partial charge is 0.242 e. The van der Waals surface area contributed by atoms with E-state index in [0.717, 1.165) is 22.0 Å². The second kappa shape index (κ2) is 6.41. The molecule has 0 atom stereocenters. The Labute approximate surface area is 128 Å². The number of aromatic nitrogens is 2. The van der Waals surface area contributed by atoms with E-state index in [4.69, 9.17) is 0 Å². The summed E-state index contributed by atoms with van der Waals surface area (Å²) in [5, 5.41) is 17.4. The Morgan fingerprint density at radius 1 is 1.09 bits per heavy atom. The maximum absolute atomic E-state index is 12.1. The molecule has 2 N–H and O–H groups in total. The molecule has 1 aromatic heterocycles. The van der Waals surface area contributed by atoms with Gasteiger partial charge in [0.15, 0.2) is 0 Å². The van der Waals surface area contributed by atoms with E-state index in [1.165, 1.54) is 0 Å². The van der Waals surface area contributed by atoms with Gasteiger partial charge in [0.05, 0.1) is 18.3 Å². The van der Waals surface area contributed by atoms with Crippen LogP contribution >= 0.6 is 0 Å². The molecule has 0 aliphatic rings. The fraction of sp³-hybridized carbons (Fsp3) is 0.176. The minimum absolute atomic E-state index is 0.0319. The maximum atomic E-state index is 12.1. The van der Waals surface area contributed by atoms with Gasteiger partial charge in [0.25, 0.3) is 0 Å². The number of carbonyl (C=O) groups excluding carboxylic acids is 1. The number of hydrogen-bond acceptors (Lipinski definition) is 3. The number of rotatable bonds is 5. The van der Waals surface area contributed by atoms with Gasteiger partial charge in [-0.25, -0.2) is 0 Å². The normalized spacial score (nSPS) is 10.8. The van der Waals surface area contributed by atoms with Gasteiger partial charge < -0.3 is 10.4 Å². The first-order valence-corrected chi connectivity index (χ1v) is 7.13. The summed E-state index contributed by atoms with van der Waals surface area (Å²) in [7, 11) is 0. The molecular formula is C17H17N3O2. The third-order valence-electron chi connectivity index (χ3n) is 3.61. The molecule has 3 rings (SSSR count). The Morgan fingerprint density at radius 2 is 1.82 bits per heavy atom. The number of carbonyl (C=O) groups is 1. The van der Waals surface area contributed by atoms with Crippen LogP contribution in [0.2, 0.25) is 0 Å². The third kappa shape index (κ3) is 2.99. The van der Waals surface area contributed by atoms with Crippen molar-refractivity contribution < 1.29 is 9.90 Å². The first-order valence-electron chi connectivity index (χ1n) is 7.13. The fourth-order valence-electron chi connectivity index (χ4n) is 2.42. The van der Waals surface area contributed by atoms with Crippen LogP contribution in [0.1, 0.15) is 11.1 Å². The molecule has 2 aromatic carbocycles. The van der Waals surface area contributed by atoms with Gasteiger partial charge in [-0.3, -0.25) is 9.48 Å². The van der Waals surface area contributed by atoms with Crippen LogP contribution in [-0.4, -0.2) is 20.8 Å². The largest absolute Gasteiger partial charge is 0.392 e. The Hall–Kier alpha value is -2.66. The number of fused-ring (bicyclic) bond motifs is 1. The molecule has 3 aromatic rings. The SMILES string of the molecule is O=C(Cn1ncc2ccccc21)NCc1ccccc1CO. The number of nitrogens with zero attached hydrogens (tertiary/aromatic N) is 2. The van der Waals surface area contributed by atoms with Gasteiger partial charge in [0.1, 0.15) is 6.54 Å². The molecule has 0 radical (unpaired) electrons. The molecule has 5 heteroatoms. The van der Waals surface area contributed by atoms with Gasteiger partial charge in [0.2, 0.25) is 5.91 Å². The number of benzene rings is 2. The molecule has 5 nitrogen and oxygen atoms in total. The van der Waals surface area contributed by atoms with Gasteiger partial charge in [-0.1, -0.05) is 42.5 Å². The third-order valence-corrected chi connectivity index (χ3v) is 3.61. The van der Waals surface area contributed by atoms with Crippen molar-refractivity contribution in [1.82, 2.24) is 15.1 Å². The standard InChI is InChI=1S/C17H17N3O2/c21-12-15-7-2-1-5-13(15)9-18-17(22)11-20-16-8-4-3-6-14(16)10-19-20/h1-8,10,21H,9,11-12H2,(H,18,22). The predicted octanol–water partition coefficient (Wildman–Crippen LogP) is 1.84. The molecule has 1 amide bonds. The molecule has 0 saturated carbocycles. The summed E-state index contributed by atoms with van der Waals surface area (Å²) in [5.74, 6) is -0.110. The molecule has 22 heavy (non-hydrogen) atoms. The van der Waals surface area contributed by atoms with Gasteiger partial charge >= 0.3 is 0 Å². The number of nitrogens with one attached hydrogen (secondary N) is 1. The molecule has 0 saturated heterocycles. The summed E-state index contributed by atoms with van der Waals surface area (Å²) >= 11 is 0. The van der Waals surface area contributed by atoms with Crippen molar-refractivity contribution in [3.8, 4) is 0 Å². The number of amides is 1. The second-order valence-electron chi connectivity index (χ2n) is 5.06. The Balaban J connectivity index is 1.65. The number of aliphatic hydroxyl groups is 1. The summed E-state index contributed by atoms with van der Waals surface area (Å²) in [4.78, 5) is 12.1. The summed E-state index contributed by atoms with van der Waals surface area (Å²) in [6.07, 6.45) is 1.75. The van der Waals surface area contributed by atoms with Crippen molar-refractivity contribution in [2.75, 3.05) is 0 Å². The molecule has 0 unspecified atom stereocenters. The molecule has 0 fully saturated rings. The van der Waals surface area contributed by atoms with Gasteiger partial charge in [-0.05, 0) is 17.2 Å². The number of para-hydroxylation sites is 1. The van der Waals surface area contributed by atoms with E-state index in [0.29, 0.717) is 6.54 Å². The highest BCUT2D eigenvalue weighted by Gasteiger charge is 2.08. The van der Waals surface area contributed by atoms with Crippen LogP contribution in [0.3, 0.4) is 0 Å². The van der Waals surface area contributed by atoms with E-state index in [1.807, 2.05) is 48.5 Å². The van der Waals surface area contributed by atoms with Crippen LogP contribution in [0.4, 0.5) is 0 Å². The van der Waals surface area contributed by atoms with Crippen molar-refractivity contribution in [2.45, 2.75) is 19.7 Å². The first-order chi connectivity index (χ1) is 10.8. The topological polar surface area (TPSA) is 67.2 Å². The quantitative estimate of drug-likeness (QED) is 0.755. The van der Waals surface area contributed by atoms with E-state index >= 15 is 0 Å². The average molecular weight is 295 g/mol. The Bertz CT molecular complexity index is 795. The molecule has 0 bridgehead atoms. The molecule has 112 valence electrons. The van der Waals surface area contributed by atoms with Crippen molar-refractivity contribution in [3.63, 3.8) is 0 Å². The van der Waals surface area contributed by atoms with Crippen LogP contribution < -0.4 is 5.32 Å². The van der Waals surface area contributed by atoms with E-state index in [2.05, 4.69) is 10.4 Å². The molecule has 1 heterocycles. The van der Waals surface area contributed by atoms with E-state index in [9.17, 15) is 9.90 Å². The van der Waals surface area contributed by atoms with Crippen molar-refractivity contribution >= 4 is 16.8 Å². The molecule has 0 aliphatic carbocycles. The van der Waals surface area contributed by atoms with Crippen LogP contribution in [0, 0.1) is 0 Å². The Morgan fingerprint density at radius 3 is 2.64 bits per heavy atom. The number of hydrogen-bond donors (Lipinski definition) is 2. The molecular weight excluding hydrogens is 278 g/mol. The van der Waals surface area contributed by atoms with Crippen molar-refractivity contribution in [1.29, 1.82) is 0 Å². The highest BCUT2D eigenvalue weighted by Crippen LogP contribution is 2.12. The van der Waals surface area contributed by atoms with Crippen molar-refractivity contribution in [2.24, 2.45) is 0 Å². The van der Waals surface area contributed by atoms with Crippen molar-refractivity contribution in [3.05, 3.63) is 65.9 Å². The molecule has 0 spiro atoms. The van der Waals surface area contributed by atoms with Gasteiger partial charge in [-0.2, -0.15) is 5.10 Å². The van der Waals surface area contributed by atoms with Gasteiger partial charge in [-0.15, -0.1) is 0 Å². The highest BCUT2D eigenvalue weighted by molar-refractivity contribution is 5.81. The highest BCUT2D eigenvalue weighted by atomic mass is 16.3. The zero-order valence-electron chi connectivity index (χ0n) is 12.1. The minimum atomic E-state index is -0.110. The zero-order valence-corrected chi connectivity index (χ0v) is 12.1. The van der Waals surface area contributed by atoms with Crippen LogP contribution in [-0.2, 0) is 24.5 Å². The summed E-state index contributed by atoms with van der Waals surface area (Å²) in [5.41, 5.74) is 2.68. The van der Waals surface area contributed by atoms with Gasteiger partial charge in [0, 0.05) is 11.9 Å². The van der Waals surface area contributed by atoms with Crippen LogP contribution in [0.15, 0.2) is 54.7 Å². The first kappa shape index (κ1) is 14.3. The lowest BCUT2D eigenvalue weighted by molar-refractivity contribution is -0.121. The average Bonchev–Trinajstić information content (AvgIpc) is 2.96. The van der Waals surface area contributed by atoms with E-state index in [-0.39, 0.29) is 19.1 Å². The van der Waals surface area contributed by atoms with Crippen LogP contribution in [0.5, 0.6) is 0 Å². The fourth-order valence-corrected chi connectivity index (χ4v) is 2.42. The number of aliphatic hydroxyl groups excluding tert-OH is 1. The summed E-state index contributed by atoms with van der Waals surface area (Å²) in [6.45, 7) is 0.541. The minimum Gasteiger partial charge on any atom is -0.392 e. The summed E-state index contributed by atoms with van der Waals surface area (Å²) in [6, 6.07) is 15.3. The lowest BCUT2D eigenvalue weighted by Crippen LogP contribution is -2.27. The summed E-state index contributed by atoms with van der Waals surface area (Å²) < 4.78 is 1.68. The lowest BCUT2D eigenvalue weighted by Gasteiger charge is -2.09. The van der Waals surface area contributed by atoms with Crippen LogP contribution in [0.25, 0.3) is 10.9 Å². The zero-order chi connectivity index (χ0) is 15.4. The van der Waals surface area contributed by atoms with E-state index in [1.54, 1.807) is 10.9 Å². The molecule has 0 aliphatic heterocycles. The van der Waals surface area contributed by atoms with E-state index < -0.39 is 0 Å². The Kier molecular flexibility index (Phi) is 4.16. The predicted molar refractivity (Wildman–Crippen MR) is 83.9 cm³/mol.